The molecule has 0 aromatic carbocycles. The molecule has 3 heterocycles. The summed E-state index contributed by atoms with van der Waals surface area (Å²) < 4.78 is 1.58. The van der Waals surface area contributed by atoms with Gasteiger partial charge >= 0.3 is 5.69 Å². The molecule has 2 amide bonds. The van der Waals surface area contributed by atoms with Crippen LogP contribution in [0.3, 0.4) is 0 Å². The van der Waals surface area contributed by atoms with E-state index in [1.807, 2.05) is 17.5 Å². The standard InChI is InChI=1S/C17H23N5O3S2/c1-2-3-6-22-16(25)18-19-17(22)27-12-14(23)20-7-9-21(10-8-20)15(24)13-5-4-11-26-13/h4-5,11H,2-3,6-10,12H2,1H3,(H,18,25). The van der Waals surface area contributed by atoms with Gasteiger partial charge in [-0.3, -0.25) is 14.2 Å². The molecule has 1 aliphatic heterocycles. The van der Waals surface area contributed by atoms with Crippen LogP contribution in [0.25, 0.3) is 0 Å². The molecule has 0 atom stereocenters. The van der Waals surface area contributed by atoms with Crippen molar-refractivity contribution >= 4 is 34.9 Å². The summed E-state index contributed by atoms with van der Waals surface area (Å²) in [6.45, 7) is 4.79. The van der Waals surface area contributed by atoms with Crippen molar-refractivity contribution in [3.63, 3.8) is 0 Å². The Labute approximate surface area is 165 Å². The molecule has 1 fully saturated rings. The number of H-pyrrole nitrogens is 1. The quantitative estimate of drug-likeness (QED) is 0.700. The molecule has 0 saturated carbocycles. The fourth-order valence-corrected chi connectivity index (χ4v) is 4.43. The van der Waals surface area contributed by atoms with E-state index < -0.39 is 0 Å². The second-order valence-corrected chi connectivity index (χ2v) is 8.15. The highest BCUT2D eigenvalue weighted by Gasteiger charge is 2.25. The molecule has 0 spiro atoms. The Balaban J connectivity index is 1.49. The lowest BCUT2D eigenvalue weighted by Crippen LogP contribution is -2.51. The van der Waals surface area contributed by atoms with E-state index in [1.165, 1.54) is 23.1 Å². The second-order valence-electron chi connectivity index (χ2n) is 6.26. The van der Waals surface area contributed by atoms with Gasteiger partial charge in [-0.15, -0.1) is 16.4 Å². The molecule has 0 radical (unpaired) electrons. The average molecular weight is 410 g/mol. The highest BCUT2D eigenvalue weighted by molar-refractivity contribution is 7.99. The number of unbranched alkanes of at least 4 members (excludes halogenated alkanes) is 1. The maximum atomic E-state index is 12.5. The number of amides is 2. The molecule has 1 saturated heterocycles. The molecule has 27 heavy (non-hydrogen) atoms. The lowest BCUT2D eigenvalue weighted by molar-refractivity contribution is -0.129. The van der Waals surface area contributed by atoms with Crippen LogP contribution in [0.4, 0.5) is 0 Å². The molecule has 0 aliphatic carbocycles. The average Bonchev–Trinajstić information content (AvgIpc) is 3.34. The third-order valence-corrected chi connectivity index (χ3v) is 6.25. The van der Waals surface area contributed by atoms with E-state index in [0.717, 1.165) is 17.7 Å². The van der Waals surface area contributed by atoms with Crippen LogP contribution in [0, 0.1) is 0 Å². The minimum absolute atomic E-state index is 0.000660. The highest BCUT2D eigenvalue weighted by atomic mass is 32.2. The lowest BCUT2D eigenvalue weighted by Gasteiger charge is -2.34. The van der Waals surface area contributed by atoms with Crippen LogP contribution in [-0.2, 0) is 11.3 Å². The predicted molar refractivity (Wildman–Crippen MR) is 105 cm³/mol. The Morgan fingerprint density at radius 1 is 1.26 bits per heavy atom. The van der Waals surface area contributed by atoms with Crippen molar-refractivity contribution in [3.05, 3.63) is 32.9 Å². The minimum Gasteiger partial charge on any atom is -0.338 e. The van der Waals surface area contributed by atoms with Crippen molar-refractivity contribution in [2.45, 2.75) is 31.5 Å². The summed E-state index contributed by atoms with van der Waals surface area (Å²) in [4.78, 5) is 40.9. The Kier molecular flexibility index (Phi) is 6.73. The molecule has 0 bridgehead atoms. The van der Waals surface area contributed by atoms with E-state index in [-0.39, 0.29) is 23.3 Å². The predicted octanol–water partition coefficient (Wildman–Crippen LogP) is 1.51. The van der Waals surface area contributed by atoms with Crippen LogP contribution in [0.2, 0.25) is 0 Å². The van der Waals surface area contributed by atoms with Gasteiger partial charge in [0.05, 0.1) is 10.6 Å². The Morgan fingerprint density at radius 3 is 2.67 bits per heavy atom. The second kappa shape index (κ2) is 9.23. The highest BCUT2D eigenvalue weighted by Crippen LogP contribution is 2.17. The zero-order chi connectivity index (χ0) is 19.2. The van der Waals surface area contributed by atoms with E-state index >= 15 is 0 Å². The third-order valence-electron chi connectivity index (χ3n) is 4.43. The number of carbonyl (C=O) groups excluding carboxylic acids is 2. The van der Waals surface area contributed by atoms with E-state index in [9.17, 15) is 14.4 Å². The zero-order valence-electron chi connectivity index (χ0n) is 15.2. The molecule has 2 aromatic heterocycles. The monoisotopic (exact) mass is 409 g/mol. The molecule has 0 unspecified atom stereocenters. The summed E-state index contributed by atoms with van der Waals surface area (Å²) in [5.74, 6) is 0.263. The molecule has 1 aliphatic rings. The van der Waals surface area contributed by atoms with Gasteiger partial charge in [0.2, 0.25) is 5.91 Å². The van der Waals surface area contributed by atoms with Gasteiger partial charge in [-0.05, 0) is 17.9 Å². The molecular weight excluding hydrogens is 386 g/mol. The minimum atomic E-state index is -0.237. The first-order valence-electron chi connectivity index (χ1n) is 8.98. The Hall–Kier alpha value is -2.07. The molecular formula is C17H23N5O3S2. The first kappa shape index (κ1) is 19.7. The fourth-order valence-electron chi connectivity index (χ4n) is 2.86. The summed E-state index contributed by atoms with van der Waals surface area (Å²) in [5.41, 5.74) is -0.237. The van der Waals surface area contributed by atoms with Gasteiger partial charge in [0, 0.05) is 32.7 Å². The number of thiophene rings is 1. The Bertz CT molecular complexity index is 822. The van der Waals surface area contributed by atoms with Crippen LogP contribution in [0.15, 0.2) is 27.5 Å². The molecule has 10 heteroatoms. The van der Waals surface area contributed by atoms with Crippen molar-refractivity contribution in [3.8, 4) is 0 Å². The number of piperazine rings is 1. The zero-order valence-corrected chi connectivity index (χ0v) is 16.9. The number of nitrogens with zero attached hydrogens (tertiary/aromatic N) is 4. The van der Waals surface area contributed by atoms with Crippen LogP contribution in [0.5, 0.6) is 0 Å². The number of carbonyl (C=O) groups is 2. The summed E-state index contributed by atoms with van der Waals surface area (Å²) in [5, 5.41) is 8.90. The summed E-state index contributed by atoms with van der Waals surface area (Å²) in [6.07, 6.45) is 1.87. The van der Waals surface area contributed by atoms with Gasteiger partial charge < -0.3 is 9.80 Å². The molecule has 1 N–H and O–H groups in total. The molecule has 146 valence electrons. The topological polar surface area (TPSA) is 91.3 Å². The summed E-state index contributed by atoms with van der Waals surface area (Å²) in [7, 11) is 0. The first-order valence-corrected chi connectivity index (χ1v) is 10.8. The first-order chi connectivity index (χ1) is 13.1. The van der Waals surface area contributed by atoms with Crippen LogP contribution >= 0.6 is 23.1 Å². The maximum Gasteiger partial charge on any atom is 0.343 e. The summed E-state index contributed by atoms with van der Waals surface area (Å²) >= 11 is 2.71. The van der Waals surface area contributed by atoms with Gasteiger partial charge in [-0.2, -0.15) is 0 Å². The fraction of sp³-hybridized carbons (Fsp3) is 0.529. The van der Waals surface area contributed by atoms with Gasteiger partial charge in [0.25, 0.3) is 5.91 Å². The van der Waals surface area contributed by atoms with Crippen molar-refractivity contribution in [2.75, 3.05) is 31.9 Å². The SMILES string of the molecule is CCCCn1c(SCC(=O)N2CCN(C(=O)c3cccs3)CC2)n[nH]c1=O. The van der Waals surface area contributed by atoms with Gasteiger partial charge in [0.15, 0.2) is 5.16 Å². The van der Waals surface area contributed by atoms with E-state index in [4.69, 9.17) is 0 Å². The molecule has 8 nitrogen and oxygen atoms in total. The van der Waals surface area contributed by atoms with E-state index in [2.05, 4.69) is 17.1 Å². The normalized spacial score (nSPS) is 14.6. The smallest absolute Gasteiger partial charge is 0.338 e. The number of hydrogen-bond acceptors (Lipinski definition) is 6. The number of aromatic amines is 1. The van der Waals surface area contributed by atoms with Gasteiger partial charge in [-0.1, -0.05) is 31.2 Å². The number of rotatable bonds is 7. The van der Waals surface area contributed by atoms with E-state index in [0.29, 0.717) is 37.9 Å². The van der Waals surface area contributed by atoms with Crippen molar-refractivity contribution in [1.29, 1.82) is 0 Å². The number of hydrogen-bond donors (Lipinski definition) is 1. The lowest BCUT2D eigenvalue weighted by atomic mass is 10.3. The van der Waals surface area contributed by atoms with Crippen LogP contribution in [-0.4, -0.2) is 68.3 Å². The molecule has 2 aromatic rings. The number of thioether (sulfide) groups is 1. The van der Waals surface area contributed by atoms with Crippen LogP contribution < -0.4 is 5.69 Å². The molecule has 3 rings (SSSR count). The summed E-state index contributed by atoms with van der Waals surface area (Å²) in [6, 6.07) is 3.69. The number of nitrogens with one attached hydrogen (secondary N) is 1. The van der Waals surface area contributed by atoms with Crippen LogP contribution in [0.1, 0.15) is 29.4 Å². The number of aromatic nitrogens is 3. The Morgan fingerprint density at radius 2 is 2.00 bits per heavy atom. The van der Waals surface area contributed by atoms with Crippen molar-refractivity contribution < 1.29 is 9.59 Å². The maximum absolute atomic E-state index is 12.5. The van der Waals surface area contributed by atoms with Crippen molar-refractivity contribution in [2.24, 2.45) is 0 Å². The van der Waals surface area contributed by atoms with Gasteiger partial charge in [0.1, 0.15) is 0 Å². The van der Waals surface area contributed by atoms with E-state index in [1.54, 1.807) is 14.4 Å². The van der Waals surface area contributed by atoms with Crippen molar-refractivity contribution in [1.82, 2.24) is 24.6 Å². The van der Waals surface area contributed by atoms with Gasteiger partial charge in [-0.25, -0.2) is 9.89 Å². The third kappa shape index (κ3) is 4.81. The largest absolute Gasteiger partial charge is 0.343 e.